The highest BCUT2D eigenvalue weighted by Crippen LogP contribution is 2.30. The van der Waals surface area contributed by atoms with Gasteiger partial charge in [-0.1, -0.05) is 6.07 Å². The van der Waals surface area contributed by atoms with Crippen LogP contribution in [0.1, 0.15) is 25.5 Å². The lowest BCUT2D eigenvalue weighted by atomic mass is 10.1. The predicted molar refractivity (Wildman–Crippen MR) is 74.1 cm³/mol. The van der Waals surface area contributed by atoms with Crippen LogP contribution in [0, 0.1) is 0 Å². The maximum Gasteiger partial charge on any atom is 0.161 e. The van der Waals surface area contributed by atoms with Gasteiger partial charge in [0.25, 0.3) is 0 Å². The van der Waals surface area contributed by atoms with Gasteiger partial charge in [-0.2, -0.15) is 11.8 Å². The molecule has 0 amide bonds. The number of rotatable bonds is 7. The molecule has 1 aromatic carbocycles. The maximum atomic E-state index is 6.08. The van der Waals surface area contributed by atoms with Crippen molar-refractivity contribution in [2.75, 3.05) is 25.2 Å². The molecule has 3 nitrogen and oxygen atoms in total. The van der Waals surface area contributed by atoms with Gasteiger partial charge in [-0.25, -0.2) is 0 Å². The molecule has 0 aliphatic rings. The molecule has 0 aliphatic heterocycles. The summed E-state index contributed by atoms with van der Waals surface area (Å²) >= 11 is 1.74. The molecule has 0 aromatic heterocycles. The minimum Gasteiger partial charge on any atom is -0.490 e. The van der Waals surface area contributed by atoms with Crippen molar-refractivity contribution in [1.82, 2.24) is 0 Å². The Labute approximate surface area is 108 Å². The monoisotopic (exact) mass is 255 g/mol. The van der Waals surface area contributed by atoms with Gasteiger partial charge in [-0.15, -0.1) is 0 Å². The Morgan fingerprint density at radius 2 is 1.82 bits per heavy atom. The van der Waals surface area contributed by atoms with Crippen LogP contribution in [0.2, 0.25) is 0 Å². The van der Waals surface area contributed by atoms with Crippen LogP contribution in [0.15, 0.2) is 18.2 Å². The molecule has 17 heavy (non-hydrogen) atoms. The van der Waals surface area contributed by atoms with E-state index < -0.39 is 0 Å². The van der Waals surface area contributed by atoms with E-state index in [9.17, 15) is 0 Å². The first-order valence-electron chi connectivity index (χ1n) is 5.87. The van der Waals surface area contributed by atoms with Crippen molar-refractivity contribution in [3.05, 3.63) is 23.8 Å². The van der Waals surface area contributed by atoms with Crippen molar-refractivity contribution in [2.24, 2.45) is 5.73 Å². The second kappa shape index (κ2) is 7.45. The molecular formula is C13H21NO2S. The second-order valence-corrected chi connectivity index (χ2v) is 4.54. The van der Waals surface area contributed by atoms with E-state index in [-0.39, 0.29) is 6.04 Å². The lowest BCUT2D eigenvalue weighted by Crippen LogP contribution is -2.13. The highest BCUT2D eigenvalue weighted by atomic mass is 32.2. The lowest BCUT2D eigenvalue weighted by molar-refractivity contribution is 0.287. The highest BCUT2D eigenvalue weighted by molar-refractivity contribution is 7.98. The van der Waals surface area contributed by atoms with E-state index in [2.05, 4.69) is 6.26 Å². The summed E-state index contributed by atoms with van der Waals surface area (Å²) in [7, 11) is 0. The van der Waals surface area contributed by atoms with Crippen molar-refractivity contribution in [3.63, 3.8) is 0 Å². The fourth-order valence-electron chi connectivity index (χ4n) is 1.57. The molecular weight excluding hydrogens is 234 g/mol. The molecule has 2 N–H and O–H groups in total. The predicted octanol–water partition coefficient (Wildman–Crippen LogP) is 2.85. The third-order valence-electron chi connectivity index (χ3n) is 2.34. The molecule has 1 atom stereocenters. The van der Waals surface area contributed by atoms with Crippen LogP contribution in [-0.4, -0.2) is 25.2 Å². The zero-order valence-electron chi connectivity index (χ0n) is 10.7. The minimum absolute atomic E-state index is 0.0416. The van der Waals surface area contributed by atoms with E-state index in [4.69, 9.17) is 15.2 Å². The van der Waals surface area contributed by atoms with Crippen molar-refractivity contribution in [3.8, 4) is 11.5 Å². The molecule has 0 radical (unpaired) electrons. The Morgan fingerprint density at radius 3 is 2.41 bits per heavy atom. The Hall–Kier alpha value is -0.870. The normalized spacial score (nSPS) is 12.2. The molecule has 0 saturated heterocycles. The first kappa shape index (κ1) is 14.2. The SMILES string of the molecule is CCOc1ccc(C(N)CSC)cc1OCC. The number of hydrogen-bond donors (Lipinski definition) is 1. The van der Waals surface area contributed by atoms with Gasteiger partial charge >= 0.3 is 0 Å². The fraction of sp³-hybridized carbons (Fsp3) is 0.538. The van der Waals surface area contributed by atoms with E-state index >= 15 is 0 Å². The van der Waals surface area contributed by atoms with Crippen LogP contribution in [0.3, 0.4) is 0 Å². The first-order valence-corrected chi connectivity index (χ1v) is 7.26. The highest BCUT2D eigenvalue weighted by Gasteiger charge is 2.10. The molecule has 1 rings (SSSR count). The third-order valence-corrected chi connectivity index (χ3v) is 3.03. The zero-order valence-corrected chi connectivity index (χ0v) is 11.5. The molecule has 0 bridgehead atoms. The Balaban J connectivity index is 2.91. The summed E-state index contributed by atoms with van der Waals surface area (Å²) in [4.78, 5) is 0. The third kappa shape index (κ3) is 4.13. The molecule has 0 aliphatic carbocycles. The quantitative estimate of drug-likeness (QED) is 0.813. The Morgan fingerprint density at radius 1 is 1.18 bits per heavy atom. The standard InChI is InChI=1S/C13H21NO2S/c1-4-15-12-7-6-10(11(14)9-17-3)8-13(12)16-5-2/h6-8,11H,4-5,9,14H2,1-3H3. The molecule has 96 valence electrons. The van der Waals surface area contributed by atoms with E-state index in [0.717, 1.165) is 22.8 Å². The van der Waals surface area contributed by atoms with Gasteiger partial charge in [0.15, 0.2) is 11.5 Å². The molecule has 0 heterocycles. The summed E-state index contributed by atoms with van der Waals surface area (Å²) in [6, 6.07) is 5.97. The smallest absolute Gasteiger partial charge is 0.161 e. The average Bonchev–Trinajstić information content (AvgIpc) is 2.32. The van der Waals surface area contributed by atoms with E-state index in [1.54, 1.807) is 11.8 Å². The summed E-state index contributed by atoms with van der Waals surface area (Å²) in [6.45, 7) is 5.19. The number of hydrogen-bond acceptors (Lipinski definition) is 4. The maximum absolute atomic E-state index is 6.08. The Bertz CT molecular complexity index is 344. The van der Waals surface area contributed by atoms with Crippen molar-refractivity contribution in [1.29, 1.82) is 0 Å². The Kier molecular flexibility index (Phi) is 6.22. The summed E-state index contributed by atoms with van der Waals surface area (Å²) in [6.07, 6.45) is 2.05. The number of benzene rings is 1. The van der Waals surface area contributed by atoms with Gasteiger partial charge in [-0.05, 0) is 37.8 Å². The minimum atomic E-state index is 0.0416. The largest absolute Gasteiger partial charge is 0.490 e. The van der Waals surface area contributed by atoms with Crippen molar-refractivity contribution < 1.29 is 9.47 Å². The number of nitrogens with two attached hydrogens (primary N) is 1. The van der Waals surface area contributed by atoms with E-state index in [1.807, 2.05) is 32.0 Å². The van der Waals surface area contributed by atoms with Crippen LogP contribution >= 0.6 is 11.8 Å². The molecule has 4 heteroatoms. The topological polar surface area (TPSA) is 44.5 Å². The number of thioether (sulfide) groups is 1. The van der Waals surface area contributed by atoms with Gasteiger partial charge in [0.1, 0.15) is 0 Å². The van der Waals surface area contributed by atoms with Crippen LogP contribution in [0.25, 0.3) is 0 Å². The summed E-state index contributed by atoms with van der Waals surface area (Å²) < 4.78 is 11.1. The van der Waals surface area contributed by atoms with Gasteiger partial charge < -0.3 is 15.2 Å². The van der Waals surface area contributed by atoms with Crippen LogP contribution in [0.5, 0.6) is 11.5 Å². The van der Waals surface area contributed by atoms with Gasteiger partial charge in [0.05, 0.1) is 13.2 Å². The summed E-state index contributed by atoms with van der Waals surface area (Å²) in [5.74, 6) is 2.47. The first-order chi connectivity index (χ1) is 8.22. The van der Waals surface area contributed by atoms with E-state index in [0.29, 0.717) is 13.2 Å². The number of ether oxygens (including phenoxy) is 2. The summed E-state index contributed by atoms with van der Waals surface area (Å²) in [5, 5.41) is 0. The van der Waals surface area contributed by atoms with Crippen molar-refractivity contribution >= 4 is 11.8 Å². The zero-order chi connectivity index (χ0) is 12.7. The van der Waals surface area contributed by atoms with Gasteiger partial charge in [0, 0.05) is 11.8 Å². The second-order valence-electron chi connectivity index (χ2n) is 3.63. The fourth-order valence-corrected chi connectivity index (χ4v) is 2.13. The molecule has 0 spiro atoms. The molecule has 0 saturated carbocycles. The van der Waals surface area contributed by atoms with Crippen LogP contribution in [-0.2, 0) is 0 Å². The summed E-state index contributed by atoms with van der Waals surface area (Å²) in [5.41, 5.74) is 7.17. The molecule has 1 aromatic rings. The van der Waals surface area contributed by atoms with Gasteiger partial charge in [0.2, 0.25) is 0 Å². The van der Waals surface area contributed by atoms with E-state index in [1.165, 1.54) is 0 Å². The molecule has 0 fully saturated rings. The lowest BCUT2D eigenvalue weighted by Gasteiger charge is -2.15. The van der Waals surface area contributed by atoms with Crippen molar-refractivity contribution in [2.45, 2.75) is 19.9 Å². The average molecular weight is 255 g/mol. The molecule has 1 unspecified atom stereocenters. The van der Waals surface area contributed by atoms with Crippen LogP contribution in [0.4, 0.5) is 0 Å². The van der Waals surface area contributed by atoms with Gasteiger partial charge in [-0.3, -0.25) is 0 Å². The van der Waals surface area contributed by atoms with Crippen LogP contribution < -0.4 is 15.2 Å².